The van der Waals surface area contributed by atoms with Crippen molar-refractivity contribution < 1.29 is 14.4 Å². The van der Waals surface area contributed by atoms with Crippen molar-refractivity contribution >= 4 is 66.9 Å². The summed E-state index contributed by atoms with van der Waals surface area (Å²) in [6.45, 7) is 3.84. The first-order valence-electron chi connectivity index (χ1n) is 9.77. The Balaban J connectivity index is 1.46. The minimum atomic E-state index is -0.537. The number of amidine groups is 1. The van der Waals surface area contributed by atoms with E-state index in [2.05, 4.69) is 15.3 Å². The topological polar surface area (TPSA) is 91.7 Å². The van der Waals surface area contributed by atoms with E-state index in [9.17, 15) is 14.4 Å². The van der Waals surface area contributed by atoms with E-state index in [-0.39, 0.29) is 24.0 Å². The second-order valence-corrected chi connectivity index (χ2v) is 9.11. The van der Waals surface area contributed by atoms with Crippen LogP contribution < -0.4 is 5.32 Å². The van der Waals surface area contributed by atoms with Gasteiger partial charge in [-0.05, 0) is 50.2 Å². The zero-order valence-electron chi connectivity index (χ0n) is 17.0. The molecule has 0 saturated carbocycles. The van der Waals surface area contributed by atoms with Crippen molar-refractivity contribution in [2.24, 2.45) is 4.99 Å². The summed E-state index contributed by atoms with van der Waals surface area (Å²) in [7, 11) is 0. The number of thiazole rings is 1. The SMILES string of the molecule is CCN1C(=O)C(CC(=O)Nc2ccc(C(C)=O)cc2)SC1=Nc1nc2ccccc2s1. The number of thioether (sulfide) groups is 1. The Labute approximate surface area is 187 Å². The fraction of sp³-hybridized carbons (Fsp3) is 0.227. The van der Waals surface area contributed by atoms with Gasteiger partial charge in [-0.2, -0.15) is 4.99 Å². The summed E-state index contributed by atoms with van der Waals surface area (Å²) in [6.07, 6.45) is 0.0350. The number of anilines is 1. The number of Topliss-reactive ketones (excluding diaryl/α,β-unsaturated/α-hetero) is 1. The summed E-state index contributed by atoms with van der Waals surface area (Å²) in [4.78, 5) is 47.4. The number of ketones is 1. The van der Waals surface area contributed by atoms with Crippen LogP contribution in [0.25, 0.3) is 10.2 Å². The van der Waals surface area contributed by atoms with E-state index in [0.717, 1.165) is 10.2 Å². The van der Waals surface area contributed by atoms with Crippen molar-refractivity contribution in [2.45, 2.75) is 25.5 Å². The molecule has 0 aliphatic carbocycles. The van der Waals surface area contributed by atoms with Crippen molar-refractivity contribution in [3.8, 4) is 0 Å². The molecule has 1 saturated heterocycles. The molecule has 1 N–H and O–H groups in total. The first kappa shape index (κ1) is 21.2. The number of nitrogens with zero attached hydrogens (tertiary/aromatic N) is 3. The number of hydrogen-bond donors (Lipinski definition) is 1. The molecule has 1 fully saturated rings. The summed E-state index contributed by atoms with van der Waals surface area (Å²) < 4.78 is 1.03. The van der Waals surface area contributed by atoms with Gasteiger partial charge in [0.2, 0.25) is 16.9 Å². The highest BCUT2D eigenvalue weighted by molar-refractivity contribution is 8.15. The van der Waals surface area contributed by atoms with Crippen molar-refractivity contribution in [2.75, 3.05) is 11.9 Å². The number of nitrogens with one attached hydrogen (secondary N) is 1. The molecule has 158 valence electrons. The summed E-state index contributed by atoms with van der Waals surface area (Å²) >= 11 is 2.75. The van der Waals surface area contributed by atoms with E-state index < -0.39 is 5.25 Å². The Hall–Kier alpha value is -3.04. The number of aromatic nitrogens is 1. The van der Waals surface area contributed by atoms with Gasteiger partial charge in [0.15, 0.2) is 11.0 Å². The standard InChI is InChI=1S/C22H20N4O3S2/c1-3-26-20(29)18(12-19(28)23-15-10-8-14(9-11-15)13(2)27)31-22(26)25-21-24-16-6-4-5-7-17(16)30-21/h4-11,18H,3,12H2,1-2H3,(H,23,28). The van der Waals surface area contributed by atoms with Gasteiger partial charge in [-0.15, -0.1) is 0 Å². The maximum atomic E-state index is 12.8. The van der Waals surface area contributed by atoms with Gasteiger partial charge >= 0.3 is 0 Å². The quantitative estimate of drug-likeness (QED) is 0.557. The number of rotatable bonds is 6. The average molecular weight is 453 g/mol. The molecule has 3 aromatic rings. The third-order valence-corrected chi connectivity index (χ3v) is 6.86. The summed E-state index contributed by atoms with van der Waals surface area (Å²) in [5.74, 6) is -0.432. The smallest absolute Gasteiger partial charge is 0.242 e. The zero-order valence-corrected chi connectivity index (χ0v) is 18.6. The largest absolute Gasteiger partial charge is 0.326 e. The van der Waals surface area contributed by atoms with Crippen LogP contribution in [0.5, 0.6) is 0 Å². The summed E-state index contributed by atoms with van der Waals surface area (Å²) in [6, 6.07) is 14.5. The Morgan fingerprint density at radius 1 is 1.16 bits per heavy atom. The highest BCUT2D eigenvalue weighted by atomic mass is 32.2. The number of aliphatic imine (C=N–C) groups is 1. The van der Waals surface area contributed by atoms with E-state index in [4.69, 9.17) is 0 Å². The summed E-state index contributed by atoms with van der Waals surface area (Å²) in [5.41, 5.74) is 2.03. The molecule has 2 aromatic carbocycles. The number of carbonyl (C=O) groups is 3. The van der Waals surface area contributed by atoms with Crippen LogP contribution in [0.2, 0.25) is 0 Å². The number of fused-ring (bicyclic) bond motifs is 1. The summed E-state index contributed by atoms with van der Waals surface area (Å²) in [5, 5.41) is 3.40. The van der Waals surface area contributed by atoms with E-state index in [0.29, 0.717) is 28.1 Å². The first-order chi connectivity index (χ1) is 14.9. The van der Waals surface area contributed by atoms with E-state index in [1.54, 1.807) is 29.2 Å². The van der Waals surface area contributed by atoms with Crippen molar-refractivity contribution in [1.82, 2.24) is 9.88 Å². The number of para-hydroxylation sites is 1. The molecule has 0 radical (unpaired) electrons. The molecule has 1 aliphatic heterocycles. The zero-order chi connectivity index (χ0) is 22.0. The molecule has 2 heterocycles. The van der Waals surface area contributed by atoms with E-state index in [1.807, 2.05) is 31.2 Å². The van der Waals surface area contributed by atoms with Crippen LogP contribution in [-0.4, -0.2) is 44.4 Å². The maximum absolute atomic E-state index is 12.8. The van der Waals surface area contributed by atoms with Crippen molar-refractivity contribution in [3.05, 3.63) is 54.1 Å². The molecule has 31 heavy (non-hydrogen) atoms. The minimum absolute atomic E-state index is 0.0350. The molecule has 1 aliphatic rings. The second kappa shape index (κ2) is 8.99. The third kappa shape index (κ3) is 4.67. The third-order valence-electron chi connectivity index (χ3n) is 4.76. The predicted octanol–water partition coefficient (Wildman–Crippen LogP) is 4.48. The number of carbonyl (C=O) groups excluding carboxylic acids is 3. The lowest BCUT2D eigenvalue weighted by Crippen LogP contribution is -2.33. The van der Waals surface area contributed by atoms with Gasteiger partial charge in [-0.3, -0.25) is 19.3 Å². The molecule has 2 amide bonds. The lowest BCUT2D eigenvalue weighted by molar-refractivity contribution is -0.128. The lowest BCUT2D eigenvalue weighted by Gasteiger charge is -2.12. The van der Waals surface area contributed by atoms with Gasteiger partial charge in [-0.1, -0.05) is 35.2 Å². The Morgan fingerprint density at radius 3 is 2.58 bits per heavy atom. The number of amides is 2. The van der Waals surface area contributed by atoms with Gasteiger partial charge in [0.1, 0.15) is 5.25 Å². The number of hydrogen-bond acceptors (Lipinski definition) is 7. The molecule has 1 atom stereocenters. The highest BCUT2D eigenvalue weighted by Crippen LogP contribution is 2.34. The van der Waals surface area contributed by atoms with Gasteiger partial charge in [0.05, 0.1) is 10.2 Å². The van der Waals surface area contributed by atoms with Gasteiger partial charge in [-0.25, -0.2) is 4.98 Å². The fourth-order valence-electron chi connectivity index (χ4n) is 3.17. The van der Waals surface area contributed by atoms with Crippen LogP contribution in [0.1, 0.15) is 30.6 Å². The normalized spacial score (nSPS) is 17.5. The van der Waals surface area contributed by atoms with Crippen molar-refractivity contribution in [3.63, 3.8) is 0 Å². The van der Waals surface area contributed by atoms with Gasteiger partial charge in [0, 0.05) is 24.2 Å². The average Bonchev–Trinajstić information content (AvgIpc) is 3.28. The molecule has 0 bridgehead atoms. The molecule has 1 unspecified atom stereocenters. The Bertz CT molecular complexity index is 1150. The predicted molar refractivity (Wildman–Crippen MR) is 125 cm³/mol. The highest BCUT2D eigenvalue weighted by Gasteiger charge is 2.38. The maximum Gasteiger partial charge on any atom is 0.242 e. The Morgan fingerprint density at radius 2 is 1.90 bits per heavy atom. The van der Waals surface area contributed by atoms with Crippen molar-refractivity contribution in [1.29, 1.82) is 0 Å². The number of benzene rings is 2. The molecule has 7 nitrogen and oxygen atoms in total. The fourth-order valence-corrected chi connectivity index (χ4v) is 5.27. The first-order valence-corrected chi connectivity index (χ1v) is 11.5. The van der Waals surface area contributed by atoms with Crippen LogP contribution in [0, 0.1) is 0 Å². The van der Waals surface area contributed by atoms with Crippen LogP contribution in [-0.2, 0) is 9.59 Å². The molecule has 4 rings (SSSR count). The Kier molecular flexibility index (Phi) is 6.15. The van der Waals surface area contributed by atoms with Gasteiger partial charge in [0.25, 0.3) is 0 Å². The molecular weight excluding hydrogens is 432 g/mol. The van der Waals surface area contributed by atoms with E-state index in [1.165, 1.54) is 30.0 Å². The minimum Gasteiger partial charge on any atom is -0.326 e. The van der Waals surface area contributed by atoms with Gasteiger partial charge < -0.3 is 5.32 Å². The molecule has 0 spiro atoms. The van der Waals surface area contributed by atoms with Crippen LogP contribution in [0.15, 0.2) is 53.5 Å². The monoisotopic (exact) mass is 452 g/mol. The molecule has 9 heteroatoms. The van der Waals surface area contributed by atoms with Crippen LogP contribution in [0.4, 0.5) is 10.8 Å². The second-order valence-electron chi connectivity index (χ2n) is 6.93. The molecule has 1 aromatic heterocycles. The molecular formula is C22H20N4O3S2. The van der Waals surface area contributed by atoms with Crippen LogP contribution in [0.3, 0.4) is 0 Å². The lowest BCUT2D eigenvalue weighted by atomic mass is 10.1. The van der Waals surface area contributed by atoms with E-state index >= 15 is 0 Å². The van der Waals surface area contributed by atoms with Crippen LogP contribution >= 0.6 is 23.1 Å².